The first-order valence-corrected chi connectivity index (χ1v) is 10.6. The first-order chi connectivity index (χ1) is 15.0. The number of benzene rings is 1. The predicted octanol–water partition coefficient (Wildman–Crippen LogP) is 4.78. The molecule has 0 aliphatic carbocycles. The van der Waals surface area contributed by atoms with Crippen LogP contribution < -0.4 is 5.32 Å². The molecule has 1 aliphatic rings. The van der Waals surface area contributed by atoms with Gasteiger partial charge in [0.1, 0.15) is 17.5 Å². The zero-order valence-corrected chi connectivity index (χ0v) is 17.8. The van der Waals surface area contributed by atoms with E-state index in [9.17, 15) is 9.18 Å². The van der Waals surface area contributed by atoms with Crippen LogP contribution in [0.1, 0.15) is 38.4 Å². The minimum Gasteiger partial charge on any atom is -0.342 e. The molecule has 0 saturated carbocycles. The van der Waals surface area contributed by atoms with Gasteiger partial charge in [0.15, 0.2) is 0 Å². The highest BCUT2D eigenvalue weighted by atomic mass is 19.1. The highest BCUT2D eigenvalue weighted by molar-refractivity contribution is 5.78. The Bertz CT molecular complexity index is 1060. The molecule has 1 aliphatic heterocycles. The van der Waals surface area contributed by atoms with E-state index < -0.39 is 0 Å². The standard InChI is InChI=1S/C24H26FN5O/c1-16(2)24(31)30-11-5-7-18(15-30)23-28-21(17-6-4-10-26-14-17)13-22(29-23)27-20-9-3-8-19(25)12-20/h3-4,6,8-10,12-14,16,18H,5,7,11,15H2,1-2H3,(H,27,28,29). The number of aromatic nitrogens is 3. The van der Waals surface area contributed by atoms with E-state index >= 15 is 0 Å². The summed E-state index contributed by atoms with van der Waals surface area (Å²) >= 11 is 0. The van der Waals surface area contributed by atoms with Gasteiger partial charge >= 0.3 is 0 Å². The van der Waals surface area contributed by atoms with Gasteiger partial charge in [-0.2, -0.15) is 0 Å². The van der Waals surface area contributed by atoms with Crippen molar-refractivity contribution in [2.45, 2.75) is 32.6 Å². The molecule has 1 fully saturated rings. The number of pyridine rings is 1. The molecule has 1 unspecified atom stereocenters. The number of hydrogen-bond donors (Lipinski definition) is 1. The maximum Gasteiger partial charge on any atom is 0.225 e. The highest BCUT2D eigenvalue weighted by Crippen LogP contribution is 2.29. The molecule has 0 bridgehead atoms. The summed E-state index contributed by atoms with van der Waals surface area (Å²) in [6.07, 6.45) is 5.30. The van der Waals surface area contributed by atoms with Crippen molar-refractivity contribution in [2.75, 3.05) is 18.4 Å². The zero-order valence-electron chi connectivity index (χ0n) is 17.8. The number of nitrogens with one attached hydrogen (secondary N) is 1. The number of anilines is 2. The topological polar surface area (TPSA) is 71.0 Å². The Balaban J connectivity index is 1.68. The van der Waals surface area contributed by atoms with E-state index in [-0.39, 0.29) is 23.6 Å². The molecule has 0 radical (unpaired) electrons. The van der Waals surface area contributed by atoms with Crippen LogP contribution in [0.25, 0.3) is 11.3 Å². The lowest BCUT2D eigenvalue weighted by molar-refractivity contribution is -0.135. The van der Waals surface area contributed by atoms with E-state index in [1.165, 1.54) is 12.1 Å². The third-order valence-corrected chi connectivity index (χ3v) is 5.39. The molecule has 6 nitrogen and oxygen atoms in total. The summed E-state index contributed by atoms with van der Waals surface area (Å²) in [6.45, 7) is 5.22. The SMILES string of the molecule is CC(C)C(=O)N1CCCC(c2nc(Nc3cccc(F)c3)cc(-c3cccnc3)n2)C1. The van der Waals surface area contributed by atoms with E-state index in [2.05, 4.69) is 10.3 Å². The van der Waals surface area contributed by atoms with Crippen LogP contribution in [0.3, 0.4) is 0 Å². The molecule has 3 aromatic rings. The van der Waals surface area contributed by atoms with Crippen molar-refractivity contribution < 1.29 is 9.18 Å². The van der Waals surface area contributed by atoms with Gasteiger partial charge < -0.3 is 10.2 Å². The van der Waals surface area contributed by atoms with E-state index in [0.29, 0.717) is 23.9 Å². The average molecular weight is 420 g/mol. The second-order valence-corrected chi connectivity index (χ2v) is 8.15. The Labute approximate surface area is 181 Å². The summed E-state index contributed by atoms with van der Waals surface area (Å²) in [6, 6.07) is 11.9. The Morgan fingerprint density at radius 2 is 2.06 bits per heavy atom. The molecule has 1 aromatic carbocycles. The lowest BCUT2D eigenvalue weighted by Gasteiger charge is -2.33. The summed E-state index contributed by atoms with van der Waals surface area (Å²) in [4.78, 5) is 28.2. The van der Waals surface area contributed by atoms with Crippen molar-refractivity contribution in [3.8, 4) is 11.3 Å². The van der Waals surface area contributed by atoms with Gasteiger partial charge in [0, 0.05) is 54.6 Å². The number of amides is 1. The molecule has 2 aromatic heterocycles. The summed E-state index contributed by atoms with van der Waals surface area (Å²) < 4.78 is 13.6. The molecular weight excluding hydrogens is 393 g/mol. The normalized spacial score (nSPS) is 16.4. The largest absolute Gasteiger partial charge is 0.342 e. The lowest BCUT2D eigenvalue weighted by Crippen LogP contribution is -2.41. The average Bonchev–Trinajstić information content (AvgIpc) is 2.79. The molecule has 0 spiro atoms. The van der Waals surface area contributed by atoms with Crippen LogP contribution in [0.15, 0.2) is 54.9 Å². The van der Waals surface area contributed by atoms with Crippen LogP contribution >= 0.6 is 0 Å². The van der Waals surface area contributed by atoms with E-state index in [0.717, 1.165) is 30.6 Å². The molecular formula is C24H26FN5O. The molecule has 31 heavy (non-hydrogen) atoms. The number of hydrogen-bond acceptors (Lipinski definition) is 5. The van der Waals surface area contributed by atoms with Crippen molar-refractivity contribution in [1.82, 2.24) is 19.9 Å². The van der Waals surface area contributed by atoms with Crippen LogP contribution in [-0.4, -0.2) is 38.8 Å². The van der Waals surface area contributed by atoms with E-state index in [4.69, 9.17) is 9.97 Å². The van der Waals surface area contributed by atoms with Crippen molar-refractivity contribution >= 4 is 17.4 Å². The fourth-order valence-electron chi connectivity index (χ4n) is 3.84. The van der Waals surface area contributed by atoms with Crippen LogP contribution in [0, 0.1) is 11.7 Å². The minimum absolute atomic E-state index is 0.0356. The van der Waals surface area contributed by atoms with E-state index in [1.54, 1.807) is 24.5 Å². The summed E-state index contributed by atoms with van der Waals surface area (Å²) in [5.41, 5.74) is 2.23. The number of piperidine rings is 1. The Kier molecular flexibility index (Phi) is 6.21. The fourth-order valence-corrected chi connectivity index (χ4v) is 3.84. The third-order valence-electron chi connectivity index (χ3n) is 5.39. The lowest BCUT2D eigenvalue weighted by atomic mass is 9.96. The Morgan fingerprint density at radius 1 is 1.19 bits per heavy atom. The van der Waals surface area contributed by atoms with Crippen molar-refractivity contribution in [3.63, 3.8) is 0 Å². The smallest absolute Gasteiger partial charge is 0.225 e. The van der Waals surface area contributed by atoms with Gasteiger partial charge in [-0.1, -0.05) is 19.9 Å². The number of carbonyl (C=O) groups excluding carboxylic acids is 1. The van der Waals surface area contributed by atoms with Gasteiger partial charge in [0.25, 0.3) is 0 Å². The predicted molar refractivity (Wildman–Crippen MR) is 118 cm³/mol. The molecule has 1 N–H and O–H groups in total. The minimum atomic E-state index is -0.318. The first-order valence-electron chi connectivity index (χ1n) is 10.6. The molecule has 4 rings (SSSR count). The fraction of sp³-hybridized carbons (Fsp3) is 0.333. The number of nitrogens with zero attached hydrogens (tertiary/aromatic N) is 4. The molecule has 160 valence electrons. The molecule has 1 saturated heterocycles. The second-order valence-electron chi connectivity index (χ2n) is 8.15. The van der Waals surface area contributed by atoms with Crippen LogP contribution in [0.5, 0.6) is 0 Å². The van der Waals surface area contributed by atoms with E-state index in [1.807, 2.05) is 36.9 Å². The second kappa shape index (κ2) is 9.20. The van der Waals surface area contributed by atoms with Crippen LogP contribution in [-0.2, 0) is 4.79 Å². The number of likely N-dealkylation sites (tertiary alicyclic amines) is 1. The van der Waals surface area contributed by atoms with Gasteiger partial charge in [0.2, 0.25) is 5.91 Å². The van der Waals surface area contributed by atoms with Crippen molar-refractivity contribution in [2.24, 2.45) is 5.92 Å². The van der Waals surface area contributed by atoms with Gasteiger partial charge in [-0.05, 0) is 43.2 Å². The Hall–Kier alpha value is -3.35. The quantitative estimate of drug-likeness (QED) is 0.644. The maximum atomic E-state index is 13.6. The molecule has 1 amide bonds. The monoisotopic (exact) mass is 419 g/mol. The zero-order chi connectivity index (χ0) is 21.8. The molecule has 3 heterocycles. The third kappa shape index (κ3) is 5.05. The Morgan fingerprint density at radius 3 is 2.81 bits per heavy atom. The molecule has 7 heteroatoms. The highest BCUT2D eigenvalue weighted by Gasteiger charge is 2.28. The first kappa shape index (κ1) is 20.9. The number of carbonyl (C=O) groups is 1. The van der Waals surface area contributed by atoms with Gasteiger partial charge in [-0.15, -0.1) is 0 Å². The van der Waals surface area contributed by atoms with Crippen molar-refractivity contribution in [3.05, 3.63) is 66.5 Å². The van der Waals surface area contributed by atoms with Crippen molar-refractivity contribution in [1.29, 1.82) is 0 Å². The van der Waals surface area contributed by atoms with Gasteiger partial charge in [0.05, 0.1) is 5.69 Å². The molecule has 1 atom stereocenters. The van der Waals surface area contributed by atoms with Gasteiger partial charge in [-0.3, -0.25) is 9.78 Å². The summed E-state index contributed by atoms with van der Waals surface area (Å²) in [5, 5.41) is 3.19. The van der Waals surface area contributed by atoms with Crippen LogP contribution in [0.4, 0.5) is 15.9 Å². The number of halogens is 1. The van der Waals surface area contributed by atoms with Crippen LogP contribution in [0.2, 0.25) is 0 Å². The van der Waals surface area contributed by atoms with Gasteiger partial charge in [-0.25, -0.2) is 14.4 Å². The maximum absolute atomic E-state index is 13.6. The summed E-state index contributed by atoms with van der Waals surface area (Å²) in [7, 11) is 0. The summed E-state index contributed by atoms with van der Waals surface area (Å²) in [5.74, 6) is 1.11. The number of rotatable bonds is 5.